The van der Waals surface area contributed by atoms with Crippen LogP contribution in [0.3, 0.4) is 0 Å². The van der Waals surface area contributed by atoms with Gasteiger partial charge in [0.1, 0.15) is 22.8 Å². The molecule has 0 saturated heterocycles. The van der Waals surface area contributed by atoms with Gasteiger partial charge in [-0.3, -0.25) is 4.98 Å². The third-order valence-electron chi connectivity index (χ3n) is 5.98. The summed E-state index contributed by atoms with van der Waals surface area (Å²) in [6.07, 6.45) is -0.931. The first kappa shape index (κ1) is 23.1. The lowest BCUT2D eigenvalue weighted by Crippen LogP contribution is -2.42. The van der Waals surface area contributed by atoms with Gasteiger partial charge < -0.3 is 9.67 Å². The van der Waals surface area contributed by atoms with Gasteiger partial charge in [-0.2, -0.15) is 23.2 Å². The highest BCUT2D eigenvalue weighted by atomic mass is 32.2. The summed E-state index contributed by atoms with van der Waals surface area (Å²) in [6, 6.07) is 5.90. The van der Waals surface area contributed by atoms with Crippen LogP contribution in [-0.4, -0.2) is 35.3 Å². The molecule has 0 radical (unpaired) electrons. The van der Waals surface area contributed by atoms with E-state index in [0.29, 0.717) is 34.8 Å². The smallest absolute Gasteiger partial charge is 0.404 e. The molecule has 3 aromatic rings. The Kier molecular flexibility index (Phi) is 5.62. The summed E-state index contributed by atoms with van der Waals surface area (Å²) < 4.78 is 66.7. The van der Waals surface area contributed by atoms with Gasteiger partial charge in [-0.1, -0.05) is 0 Å². The lowest BCUT2D eigenvalue weighted by atomic mass is 9.92. The molecular formula is C22H21F3N4O3S. The number of aryl methyl sites for hydroxylation is 1. The predicted molar refractivity (Wildman–Crippen MR) is 115 cm³/mol. The number of rotatable bonds is 5. The Morgan fingerprint density at radius 2 is 2.00 bits per heavy atom. The van der Waals surface area contributed by atoms with Crippen molar-refractivity contribution in [2.75, 3.05) is 0 Å². The molecule has 1 aromatic carbocycles. The molecule has 1 atom stereocenters. The maximum Gasteiger partial charge on any atom is 0.404 e. The van der Waals surface area contributed by atoms with Gasteiger partial charge >= 0.3 is 6.18 Å². The summed E-state index contributed by atoms with van der Waals surface area (Å²) in [5.41, 5.74) is 2.51. The lowest BCUT2D eigenvalue weighted by molar-refractivity contribution is -0.147. The van der Waals surface area contributed by atoms with Crippen molar-refractivity contribution in [3.63, 3.8) is 0 Å². The number of phenols is 1. The number of nitriles is 1. The molecule has 0 amide bonds. The minimum absolute atomic E-state index is 0.0515. The number of benzene rings is 1. The van der Waals surface area contributed by atoms with Crippen LogP contribution in [0.15, 0.2) is 35.4 Å². The van der Waals surface area contributed by atoms with E-state index < -0.39 is 27.1 Å². The second-order valence-electron chi connectivity index (χ2n) is 8.21. The largest absolute Gasteiger partial charge is 0.508 e. The molecule has 174 valence electrons. The van der Waals surface area contributed by atoms with Crippen LogP contribution < -0.4 is 4.72 Å². The van der Waals surface area contributed by atoms with E-state index in [0.717, 1.165) is 31.0 Å². The number of hydrogen-bond donors (Lipinski definition) is 2. The van der Waals surface area contributed by atoms with E-state index in [9.17, 15) is 32.0 Å². The average Bonchev–Trinajstić information content (AvgIpc) is 2.99. The van der Waals surface area contributed by atoms with Crippen molar-refractivity contribution in [1.29, 1.82) is 5.26 Å². The van der Waals surface area contributed by atoms with E-state index in [1.807, 2.05) is 4.57 Å². The molecule has 1 fully saturated rings. The Bertz CT molecular complexity index is 1370. The minimum Gasteiger partial charge on any atom is -0.508 e. The molecule has 1 aliphatic carbocycles. The van der Waals surface area contributed by atoms with Gasteiger partial charge in [0.15, 0.2) is 0 Å². The number of halogens is 3. The number of hydrogen-bond acceptors (Lipinski definition) is 5. The number of nitrogens with zero attached hydrogens (tertiary/aromatic N) is 3. The predicted octanol–water partition coefficient (Wildman–Crippen LogP) is 4.54. The zero-order valence-corrected chi connectivity index (χ0v) is 18.6. The van der Waals surface area contributed by atoms with Crippen LogP contribution in [0.25, 0.3) is 22.3 Å². The Morgan fingerprint density at radius 3 is 2.52 bits per heavy atom. The number of alkyl halides is 3. The Labute approximate surface area is 188 Å². The van der Waals surface area contributed by atoms with E-state index >= 15 is 0 Å². The molecule has 4 rings (SSSR count). The molecule has 1 saturated carbocycles. The SMILES string of the molecule is Cc1cc2c(cc1O)c(C#N)c(-c1ccc(S(=O)(=O)N[C@@H](C)C(F)(F)F)cn1)n2C1CCC1. The number of fused-ring (bicyclic) bond motifs is 1. The fourth-order valence-corrected chi connectivity index (χ4v) is 5.06. The normalized spacial score (nSPS) is 15.9. The minimum atomic E-state index is -4.73. The molecule has 0 bridgehead atoms. The molecule has 2 aromatic heterocycles. The first-order chi connectivity index (χ1) is 15.4. The van der Waals surface area contributed by atoms with Crippen LogP contribution in [-0.2, 0) is 10.0 Å². The third-order valence-corrected chi connectivity index (χ3v) is 7.51. The van der Waals surface area contributed by atoms with Crippen molar-refractivity contribution in [2.24, 2.45) is 0 Å². The van der Waals surface area contributed by atoms with Gasteiger partial charge in [-0.15, -0.1) is 0 Å². The fraction of sp³-hybridized carbons (Fsp3) is 0.364. The highest BCUT2D eigenvalue weighted by Gasteiger charge is 2.39. The number of aromatic hydroxyl groups is 1. The van der Waals surface area contributed by atoms with Crippen molar-refractivity contribution in [2.45, 2.75) is 56.3 Å². The standard InChI is InChI=1S/C22H21F3N4O3S/c1-12-8-19-16(9-20(12)30)17(10-26)21(29(19)14-4-3-5-14)18-7-6-15(11-27-18)33(31,32)28-13(2)22(23,24)25/h6-9,11,13-14,28,30H,3-5H2,1-2H3/t13-/m0/s1. The van der Waals surface area contributed by atoms with Crippen molar-refractivity contribution < 1.29 is 26.7 Å². The Hall–Kier alpha value is -3.10. The maximum atomic E-state index is 12.8. The van der Waals surface area contributed by atoms with Gasteiger partial charge in [-0.25, -0.2) is 8.42 Å². The summed E-state index contributed by atoms with van der Waals surface area (Å²) in [4.78, 5) is 3.78. The maximum absolute atomic E-state index is 12.8. The van der Waals surface area contributed by atoms with E-state index in [2.05, 4.69) is 11.1 Å². The number of phenolic OH excluding ortho intramolecular Hbond substituents is 1. The average molecular weight is 478 g/mol. The number of nitrogens with one attached hydrogen (secondary N) is 1. The lowest BCUT2D eigenvalue weighted by Gasteiger charge is -2.30. The van der Waals surface area contributed by atoms with Crippen molar-refractivity contribution in [3.05, 3.63) is 41.6 Å². The van der Waals surface area contributed by atoms with Gasteiger partial charge in [0, 0.05) is 17.6 Å². The van der Waals surface area contributed by atoms with Crippen LogP contribution >= 0.6 is 0 Å². The second-order valence-corrected chi connectivity index (χ2v) is 9.92. The quantitative estimate of drug-likeness (QED) is 0.560. The van der Waals surface area contributed by atoms with Gasteiger partial charge in [0.25, 0.3) is 0 Å². The molecule has 1 aliphatic rings. The molecule has 0 spiro atoms. The fourth-order valence-electron chi connectivity index (χ4n) is 3.89. The second kappa shape index (κ2) is 8.04. The highest BCUT2D eigenvalue weighted by molar-refractivity contribution is 7.89. The Morgan fingerprint density at radius 1 is 1.30 bits per heavy atom. The van der Waals surface area contributed by atoms with Gasteiger partial charge in [0.05, 0.1) is 22.5 Å². The summed E-state index contributed by atoms with van der Waals surface area (Å²) in [5, 5.41) is 20.6. The van der Waals surface area contributed by atoms with Crippen LogP contribution in [0.2, 0.25) is 0 Å². The van der Waals surface area contributed by atoms with Gasteiger partial charge in [0.2, 0.25) is 10.0 Å². The summed E-state index contributed by atoms with van der Waals surface area (Å²) in [6.45, 7) is 2.47. The molecule has 11 heteroatoms. The zero-order chi connectivity index (χ0) is 24.1. The van der Waals surface area contributed by atoms with Crippen molar-refractivity contribution in [1.82, 2.24) is 14.3 Å². The summed E-state index contributed by atoms with van der Waals surface area (Å²) in [7, 11) is -4.45. The van der Waals surface area contributed by atoms with Crippen LogP contribution in [0, 0.1) is 18.3 Å². The van der Waals surface area contributed by atoms with E-state index in [1.165, 1.54) is 18.2 Å². The van der Waals surface area contributed by atoms with E-state index in [4.69, 9.17) is 0 Å². The third kappa shape index (κ3) is 4.05. The topological polar surface area (TPSA) is 108 Å². The summed E-state index contributed by atoms with van der Waals surface area (Å²) in [5.74, 6) is 0.0515. The molecule has 33 heavy (non-hydrogen) atoms. The zero-order valence-electron chi connectivity index (χ0n) is 17.8. The monoisotopic (exact) mass is 478 g/mol. The Balaban J connectivity index is 1.82. The molecule has 2 heterocycles. The molecule has 0 unspecified atom stereocenters. The van der Waals surface area contributed by atoms with Crippen LogP contribution in [0.5, 0.6) is 5.75 Å². The molecule has 2 N–H and O–H groups in total. The van der Waals surface area contributed by atoms with E-state index in [-0.39, 0.29) is 11.8 Å². The molecule has 0 aliphatic heterocycles. The number of aromatic nitrogens is 2. The molecular weight excluding hydrogens is 457 g/mol. The van der Waals surface area contributed by atoms with Crippen molar-refractivity contribution in [3.8, 4) is 23.2 Å². The first-order valence-corrected chi connectivity index (χ1v) is 11.8. The van der Waals surface area contributed by atoms with Crippen LogP contribution in [0.4, 0.5) is 13.2 Å². The summed E-state index contributed by atoms with van der Waals surface area (Å²) >= 11 is 0. The highest BCUT2D eigenvalue weighted by Crippen LogP contribution is 2.43. The van der Waals surface area contributed by atoms with Crippen LogP contribution in [0.1, 0.15) is 43.4 Å². The van der Waals surface area contributed by atoms with E-state index in [1.54, 1.807) is 17.7 Å². The van der Waals surface area contributed by atoms with Crippen molar-refractivity contribution >= 4 is 20.9 Å². The number of pyridine rings is 1. The first-order valence-electron chi connectivity index (χ1n) is 10.3. The van der Waals surface area contributed by atoms with Gasteiger partial charge in [-0.05, 0) is 62.9 Å². The molecule has 7 nitrogen and oxygen atoms in total. The number of sulfonamides is 1.